The van der Waals surface area contributed by atoms with E-state index in [9.17, 15) is 9.59 Å². The van der Waals surface area contributed by atoms with Gasteiger partial charge in [-0.15, -0.1) is 0 Å². The van der Waals surface area contributed by atoms with Crippen LogP contribution >= 0.6 is 0 Å². The molecule has 4 heteroatoms. The van der Waals surface area contributed by atoms with Gasteiger partial charge in [0.15, 0.2) is 0 Å². The molecular weight excluding hydrogens is 376 g/mol. The third kappa shape index (κ3) is 11.2. The Balaban J connectivity index is 4.97. The fourth-order valence-corrected chi connectivity index (χ4v) is 4.17. The number of ether oxygens (including phenoxy) is 2. The smallest absolute Gasteiger partial charge is 0.331 e. The molecule has 0 fully saturated rings. The minimum Gasteiger partial charge on any atom is -0.459 e. The van der Waals surface area contributed by atoms with Crippen molar-refractivity contribution in [3.05, 3.63) is 12.2 Å². The van der Waals surface area contributed by atoms with E-state index in [0.717, 1.165) is 51.4 Å². The first-order chi connectivity index (χ1) is 14.2. The van der Waals surface area contributed by atoms with E-state index in [4.69, 9.17) is 9.47 Å². The van der Waals surface area contributed by atoms with Gasteiger partial charge in [0.05, 0.1) is 0 Å². The van der Waals surface area contributed by atoms with Crippen molar-refractivity contribution < 1.29 is 19.1 Å². The molecule has 0 bridgehead atoms. The Hall–Kier alpha value is -1.32. The zero-order chi connectivity index (χ0) is 23.1. The van der Waals surface area contributed by atoms with Gasteiger partial charge < -0.3 is 9.47 Å². The average Bonchev–Trinajstić information content (AvgIpc) is 2.71. The summed E-state index contributed by atoms with van der Waals surface area (Å²) in [5, 5.41) is 0. The Morgan fingerprint density at radius 2 is 1.00 bits per heavy atom. The molecule has 0 rings (SSSR count). The van der Waals surface area contributed by atoms with E-state index in [1.54, 1.807) is 0 Å². The summed E-state index contributed by atoms with van der Waals surface area (Å²) in [7, 11) is 0. The molecule has 0 N–H and O–H groups in total. The molecule has 0 saturated heterocycles. The van der Waals surface area contributed by atoms with Crippen LogP contribution in [0, 0.1) is 23.7 Å². The van der Waals surface area contributed by atoms with E-state index in [1.165, 1.54) is 12.2 Å². The SMILES string of the molecule is CCCCC(CC)C(OC(=O)/C=C/C(=O)OC(C(C)C)C(CC)CCCC)C(C)C. The van der Waals surface area contributed by atoms with E-state index in [1.807, 2.05) is 0 Å². The maximum Gasteiger partial charge on any atom is 0.331 e. The molecule has 30 heavy (non-hydrogen) atoms. The van der Waals surface area contributed by atoms with Crippen LogP contribution in [0.1, 0.15) is 107 Å². The molecule has 0 spiro atoms. The molecule has 0 aromatic carbocycles. The first-order valence-electron chi connectivity index (χ1n) is 12.3. The fraction of sp³-hybridized carbons (Fsp3) is 0.846. The predicted octanol–water partition coefficient (Wildman–Crippen LogP) is 7.11. The van der Waals surface area contributed by atoms with Crippen LogP contribution in [0.2, 0.25) is 0 Å². The lowest BCUT2D eigenvalue weighted by Crippen LogP contribution is -2.32. The Bertz CT molecular complexity index is 451. The van der Waals surface area contributed by atoms with Crippen molar-refractivity contribution in [2.24, 2.45) is 23.7 Å². The second kappa shape index (κ2) is 16.4. The van der Waals surface area contributed by atoms with Crippen LogP contribution in [0.5, 0.6) is 0 Å². The Labute approximate surface area is 186 Å². The van der Waals surface area contributed by atoms with Gasteiger partial charge in [0.25, 0.3) is 0 Å². The number of carbonyl (C=O) groups excluding carboxylic acids is 2. The zero-order valence-corrected chi connectivity index (χ0v) is 20.9. The lowest BCUT2D eigenvalue weighted by molar-refractivity contribution is -0.151. The Morgan fingerprint density at radius 1 is 0.667 bits per heavy atom. The monoisotopic (exact) mass is 424 g/mol. The van der Waals surface area contributed by atoms with Gasteiger partial charge in [-0.2, -0.15) is 0 Å². The molecular formula is C26H48O4. The summed E-state index contributed by atoms with van der Waals surface area (Å²) >= 11 is 0. The molecule has 4 atom stereocenters. The molecule has 0 aliphatic heterocycles. The van der Waals surface area contributed by atoms with Gasteiger partial charge in [0, 0.05) is 12.2 Å². The van der Waals surface area contributed by atoms with Crippen molar-refractivity contribution >= 4 is 11.9 Å². The maximum atomic E-state index is 12.4. The van der Waals surface area contributed by atoms with E-state index in [0.29, 0.717) is 11.8 Å². The van der Waals surface area contributed by atoms with Crippen LogP contribution in [0.4, 0.5) is 0 Å². The highest BCUT2D eigenvalue weighted by atomic mass is 16.5. The first-order valence-corrected chi connectivity index (χ1v) is 12.3. The zero-order valence-electron chi connectivity index (χ0n) is 20.9. The molecule has 0 aliphatic rings. The molecule has 176 valence electrons. The average molecular weight is 425 g/mol. The summed E-state index contributed by atoms with van der Waals surface area (Å²) in [6, 6.07) is 0. The van der Waals surface area contributed by atoms with Gasteiger partial charge in [-0.05, 0) is 49.4 Å². The third-order valence-electron chi connectivity index (χ3n) is 6.01. The summed E-state index contributed by atoms with van der Waals surface area (Å²) in [4.78, 5) is 24.8. The summed E-state index contributed by atoms with van der Waals surface area (Å²) in [5.41, 5.74) is 0. The third-order valence-corrected chi connectivity index (χ3v) is 6.01. The van der Waals surface area contributed by atoms with E-state index in [2.05, 4.69) is 55.4 Å². The standard InChI is InChI=1S/C26H48O4/c1-9-13-15-21(11-3)25(19(5)6)29-23(27)17-18-24(28)30-26(20(7)8)22(12-4)16-14-10-2/h17-22,25-26H,9-16H2,1-8H3/b18-17+. The Kier molecular flexibility index (Phi) is 15.7. The summed E-state index contributed by atoms with van der Waals surface area (Å²) in [6.45, 7) is 17.0. The minimum atomic E-state index is -0.459. The van der Waals surface area contributed by atoms with Crippen LogP contribution in [-0.2, 0) is 19.1 Å². The van der Waals surface area contributed by atoms with Crippen molar-refractivity contribution in [2.45, 2.75) is 119 Å². The van der Waals surface area contributed by atoms with E-state index >= 15 is 0 Å². The van der Waals surface area contributed by atoms with Crippen LogP contribution in [-0.4, -0.2) is 24.1 Å². The van der Waals surface area contributed by atoms with E-state index in [-0.39, 0.29) is 24.0 Å². The molecule has 0 heterocycles. The van der Waals surface area contributed by atoms with Crippen molar-refractivity contribution in [3.63, 3.8) is 0 Å². The second-order valence-corrected chi connectivity index (χ2v) is 9.25. The molecule has 0 aliphatic carbocycles. The van der Waals surface area contributed by atoms with Gasteiger partial charge in [0.1, 0.15) is 12.2 Å². The highest BCUT2D eigenvalue weighted by Crippen LogP contribution is 2.26. The van der Waals surface area contributed by atoms with Crippen LogP contribution in [0.15, 0.2) is 12.2 Å². The maximum absolute atomic E-state index is 12.4. The topological polar surface area (TPSA) is 52.6 Å². The molecule has 4 unspecified atom stereocenters. The normalized spacial score (nSPS) is 15.9. The number of esters is 2. The van der Waals surface area contributed by atoms with Gasteiger partial charge in [-0.1, -0.05) is 81.1 Å². The van der Waals surface area contributed by atoms with Gasteiger partial charge in [-0.3, -0.25) is 0 Å². The fourth-order valence-electron chi connectivity index (χ4n) is 4.17. The van der Waals surface area contributed by atoms with Gasteiger partial charge in [-0.25, -0.2) is 9.59 Å². The Morgan fingerprint density at radius 3 is 1.23 bits per heavy atom. The lowest BCUT2D eigenvalue weighted by Gasteiger charge is -2.29. The molecule has 0 amide bonds. The second-order valence-electron chi connectivity index (χ2n) is 9.25. The number of unbranched alkanes of at least 4 members (excludes halogenated alkanes) is 2. The summed E-state index contributed by atoms with van der Waals surface area (Å²) in [6.07, 6.45) is 10.8. The minimum absolute atomic E-state index is 0.128. The number of hydrogen-bond donors (Lipinski definition) is 0. The van der Waals surface area contributed by atoms with Gasteiger partial charge >= 0.3 is 11.9 Å². The van der Waals surface area contributed by atoms with Crippen LogP contribution < -0.4 is 0 Å². The molecule has 0 radical (unpaired) electrons. The molecule has 0 saturated carbocycles. The van der Waals surface area contributed by atoms with E-state index < -0.39 is 11.9 Å². The van der Waals surface area contributed by atoms with Crippen molar-refractivity contribution in [2.75, 3.05) is 0 Å². The van der Waals surface area contributed by atoms with Crippen LogP contribution in [0.25, 0.3) is 0 Å². The highest BCUT2D eigenvalue weighted by Gasteiger charge is 2.27. The largest absolute Gasteiger partial charge is 0.459 e. The first kappa shape index (κ1) is 28.7. The molecule has 0 aromatic rings. The summed E-state index contributed by atoms with van der Waals surface area (Å²) < 4.78 is 11.5. The quantitative estimate of drug-likeness (QED) is 0.196. The van der Waals surface area contributed by atoms with Crippen LogP contribution in [0.3, 0.4) is 0 Å². The number of rotatable bonds is 16. The molecule has 0 aromatic heterocycles. The highest BCUT2D eigenvalue weighted by molar-refractivity contribution is 5.91. The number of carbonyl (C=O) groups is 2. The van der Waals surface area contributed by atoms with Crippen molar-refractivity contribution in [3.8, 4) is 0 Å². The van der Waals surface area contributed by atoms with Gasteiger partial charge in [0.2, 0.25) is 0 Å². The number of hydrogen-bond acceptors (Lipinski definition) is 4. The predicted molar refractivity (Wildman–Crippen MR) is 125 cm³/mol. The van der Waals surface area contributed by atoms with Crippen molar-refractivity contribution in [1.29, 1.82) is 0 Å². The van der Waals surface area contributed by atoms with Crippen molar-refractivity contribution in [1.82, 2.24) is 0 Å². The lowest BCUT2D eigenvalue weighted by atomic mass is 9.87. The molecule has 4 nitrogen and oxygen atoms in total. The summed E-state index contributed by atoms with van der Waals surface area (Å²) in [5.74, 6) is 0.266.